The van der Waals surface area contributed by atoms with E-state index in [1.54, 1.807) is 24.4 Å². The number of carbonyl (C=O) groups excluding carboxylic acids is 1. The van der Waals surface area contributed by atoms with Crippen LogP contribution in [0.25, 0.3) is 0 Å². The second-order valence-corrected chi connectivity index (χ2v) is 6.19. The highest BCUT2D eigenvalue weighted by Gasteiger charge is 2.27. The molecule has 0 unspecified atom stereocenters. The maximum absolute atomic E-state index is 13.1. The number of hydrogen-bond acceptors (Lipinski definition) is 4. The van der Waals surface area contributed by atoms with Crippen LogP contribution < -0.4 is 0 Å². The Hall–Kier alpha value is -2.21. The first-order chi connectivity index (χ1) is 11.7. The molecule has 1 aliphatic rings. The lowest BCUT2D eigenvalue weighted by Gasteiger charge is -2.22. The monoisotopic (exact) mass is 328 g/mol. The number of methoxy groups -OCH3 is 1. The van der Waals surface area contributed by atoms with Gasteiger partial charge in [0.15, 0.2) is 5.69 Å². The highest BCUT2D eigenvalue weighted by atomic mass is 16.5. The van der Waals surface area contributed by atoms with Gasteiger partial charge in [0.2, 0.25) is 0 Å². The van der Waals surface area contributed by atoms with Crippen molar-refractivity contribution in [3.05, 3.63) is 47.0 Å². The Bertz CT molecular complexity index is 697. The van der Waals surface area contributed by atoms with E-state index in [2.05, 4.69) is 10.1 Å². The molecule has 1 aliphatic carbocycles. The SMILES string of the molecule is COCCN(Cc1cccnc1)C(=O)c1nn(C)c2c1CCCC2. The normalized spacial score (nSPS) is 13.6. The zero-order chi connectivity index (χ0) is 16.9. The molecule has 2 heterocycles. The molecule has 0 bridgehead atoms. The van der Waals surface area contributed by atoms with Crippen molar-refractivity contribution in [3.63, 3.8) is 0 Å². The van der Waals surface area contributed by atoms with Crippen molar-refractivity contribution in [1.29, 1.82) is 0 Å². The van der Waals surface area contributed by atoms with E-state index in [9.17, 15) is 4.79 Å². The zero-order valence-electron chi connectivity index (χ0n) is 14.4. The lowest BCUT2D eigenvalue weighted by atomic mass is 9.95. The molecule has 0 radical (unpaired) electrons. The number of nitrogens with zero attached hydrogens (tertiary/aromatic N) is 4. The van der Waals surface area contributed by atoms with Crippen molar-refractivity contribution in [2.75, 3.05) is 20.3 Å². The molecule has 0 aromatic carbocycles. The third kappa shape index (κ3) is 3.48. The fraction of sp³-hybridized carbons (Fsp3) is 0.500. The van der Waals surface area contributed by atoms with Gasteiger partial charge in [-0.2, -0.15) is 5.10 Å². The minimum atomic E-state index is -0.0188. The summed E-state index contributed by atoms with van der Waals surface area (Å²) in [5.41, 5.74) is 3.94. The van der Waals surface area contributed by atoms with Gasteiger partial charge >= 0.3 is 0 Å². The first-order valence-electron chi connectivity index (χ1n) is 8.42. The molecule has 24 heavy (non-hydrogen) atoms. The molecule has 0 saturated heterocycles. The molecule has 1 amide bonds. The topological polar surface area (TPSA) is 60.2 Å². The molecule has 0 atom stereocenters. The van der Waals surface area contributed by atoms with E-state index in [0.717, 1.165) is 30.4 Å². The third-order valence-corrected chi connectivity index (χ3v) is 4.52. The van der Waals surface area contributed by atoms with E-state index in [4.69, 9.17) is 4.74 Å². The number of fused-ring (bicyclic) bond motifs is 1. The van der Waals surface area contributed by atoms with Crippen molar-refractivity contribution in [2.45, 2.75) is 32.2 Å². The van der Waals surface area contributed by atoms with Gasteiger partial charge in [0.1, 0.15) is 0 Å². The van der Waals surface area contributed by atoms with Crippen LogP contribution >= 0.6 is 0 Å². The Morgan fingerprint density at radius 3 is 2.96 bits per heavy atom. The molecule has 0 fully saturated rings. The second kappa shape index (κ2) is 7.57. The van der Waals surface area contributed by atoms with E-state index >= 15 is 0 Å². The van der Waals surface area contributed by atoms with Gasteiger partial charge < -0.3 is 9.64 Å². The maximum atomic E-state index is 13.1. The number of hydrogen-bond donors (Lipinski definition) is 0. The molecule has 0 saturated carbocycles. The summed E-state index contributed by atoms with van der Waals surface area (Å²) in [5, 5.41) is 4.53. The number of ether oxygens (including phenoxy) is 1. The zero-order valence-corrected chi connectivity index (χ0v) is 14.4. The smallest absolute Gasteiger partial charge is 0.275 e. The van der Waals surface area contributed by atoms with Crippen molar-refractivity contribution < 1.29 is 9.53 Å². The van der Waals surface area contributed by atoms with Gasteiger partial charge in [-0.25, -0.2) is 0 Å². The van der Waals surface area contributed by atoms with E-state index in [0.29, 0.717) is 25.4 Å². The van der Waals surface area contributed by atoms with Crippen LogP contribution in [0.2, 0.25) is 0 Å². The fourth-order valence-electron chi connectivity index (χ4n) is 3.26. The van der Waals surface area contributed by atoms with Gasteiger partial charge in [-0.3, -0.25) is 14.5 Å². The summed E-state index contributed by atoms with van der Waals surface area (Å²) < 4.78 is 7.05. The minimum absolute atomic E-state index is 0.0188. The number of carbonyl (C=O) groups is 1. The first kappa shape index (κ1) is 16.6. The van der Waals surface area contributed by atoms with Gasteiger partial charge in [-0.1, -0.05) is 6.07 Å². The number of amides is 1. The van der Waals surface area contributed by atoms with Gasteiger partial charge in [0.05, 0.1) is 6.61 Å². The van der Waals surface area contributed by atoms with Crippen LogP contribution in [0.15, 0.2) is 24.5 Å². The maximum Gasteiger partial charge on any atom is 0.275 e. The Morgan fingerprint density at radius 2 is 2.21 bits per heavy atom. The van der Waals surface area contributed by atoms with Crippen molar-refractivity contribution in [3.8, 4) is 0 Å². The Morgan fingerprint density at radius 1 is 1.38 bits per heavy atom. The molecule has 0 aliphatic heterocycles. The standard InChI is InChI=1S/C18H24N4O2/c1-21-16-8-4-3-7-15(16)17(20-21)18(23)22(10-11-24-2)13-14-6-5-9-19-12-14/h5-6,9,12H,3-4,7-8,10-11,13H2,1-2H3. The van der Waals surface area contributed by atoms with Gasteiger partial charge in [0.25, 0.3) is 5.91 Å². The molecule has 6 nitrogen and oxygen atoms in total. The van der Waals surface area contributed by atoms with Crippen molar-refractivity contribution >= 4 is 5.91 Å². The summed E-state index contributed by atoms with van der Waals surface area (Å²) in [6, 6.07) is 3.87. The van der Waals surface area contributed by atoms with Gasteiger partial charge in [-0.05, 0) is 37.3 Å². The third-order valence-electron chi connectivity index (χ3n) is 4.52. The molecule has 2 aromatic heterocycles. The Kier molecular flexibility index (Phi) is 5.25. The van der Waals surface area contributed by atoms with Crippen LogP contribution in [-0.2, 0) is 31.2 Å². The summed E-state index contributed by atoms with van der Waals surface area (Å²) in [7, 11) is 3.58. The lowest BCUT2D eigenvalue weighted by molar-refractivity contribution is 0.0672. The van der Waals surface area contributed by atoms with Gasteiger partial charge in [-0.15, -0.1) is 0 Å². The van der Waals surface area contributed by atoms with E-state index < -0.39 is 0 Å². The van der Waals surface area contributed by atoms with E-state index in [-0.39, 0.29) is 5.91 Å². The summed E-state index contributed by atoms with van der Waals surface area (Å²) in [5.74, 6) is -0.0188. The molecule has 0 spiro atoms. The molecule has 2 aromatic rings. The average Bonchev–Trinajstić information content (AvgIpc) is 2.96. The number of pyridine rings is 1. The van der Waals surface area contributed by atoms with Crippen LogP contribution in [-0.4, -0.2) is 45.8 Å². The summed E-state index contributed by atoms with van der Waals surface area (Å²) >= 11 is 0. The molecular weight excluding hydrogens is 304 g/mol. The summed E-state index contributed by atoms with van der Waals surface area (Å²) in [6.45, 7) is 1.55. The first-order valence-corrected chi connectivity index (χ1v) is 8.42. The second-order valence-electron chi connectivity index (χ2n) is 6.19. The van der Waals surface area contributed by atoms with Crippen LogP contribution in [0.1, 0.15) is 40.2 Å². The van der Waals surface area contributed by atoms with Gasteiger partial charge in [0, 0.05) is 50.9 Å². The molecule has 3 rings (SSSR count). The van der Waals surface area contributed by atoms with Crippen LogP contribution in [0.5, 0.6) is 0 Å². The Labute approximate surface area is 142 Å². The largest absolute Gasteiger partial charge is 0.383 e. The minimum Gasteiger partial charge on any atom is -0.383 e. The average molecular weight is 328 g/mol. The highest BCUT2D eigenvalue weighted by molar-refractivity contribution is 5.94. The predicted molar refractivity (Wildman–Crippen MR) is 90.7 cm³/mol. The lowest BCUT2D eigenvalue weighted by Crippen LogP contribution is -2.34. The predicted octanol–water partition coefficient (Wildman–Crippen LogP) is 1.98. The Balaban J connectivity index is 1.85. The molecule has 128 valence electrons. The molecule has 0 N–H and O–H groups in total. The number of aromatic nitrogens is 3. The quantitative estimate of drug-likeness (QED) is 0.813. The molecular formula is C18H24N4O2. The summed E-state index contributed by atoms with van der Waals surface area (Å²) in [6.07, 6.45) is 7.77. The van der Waals surface area contributed by atoms with Crippen LogP contribution in [0.4, 0.5) is 0 Å². The van der Waals surface area contributed by atoms with Crippen LogP contribution in [0.3, 0.4) is 0 Å². The van der Waals surface area contributed by atoms with E-state index in [1.165, 1.54) is 12.1 Å². The van der Waals surface area contributed by atoms with Crippen LogP contribution in [0, 0.1) is 0 Å². The summed E-state index contributed by atoms with van der Waals surface area (Å²) in [4.78, 5) is 19.1. The number of rotatable bonds is 6. The van der Waals surface area contributed by atoms with Crippen molar-refractivity contribution in [1.82, 2.24) is 19.7 Å². The number of aryl methyl sites for hydroxylation is 1. The van der Waals surface area contributed by atoms with E-state index in [1.807, 2.05) is 23.9 Å². The van der Waals surface area contributed by atoms with Crippen molar-refractivity contribution in [2.24, 2.45) is 7.05 Å². The fourth-order valence-corrected chi connectivity index (χ4v) is 3.26. The highest BCUT2D eigenvalue weighted by Crippen LogP contribution is 2.25. The molecule has 6 heteroatoms.